The number of carbonyl (C=O) groups excluding carboxylic acids is 1. The zero-order valence-corrected chi connectivity index (χ0v) is 14.8. The SMILES string of the molecule is Cc1ccc(C2CCC(C(=O)Oc3ccc(C)cc3C#N)CC2)cc1. The molecule has 0 spiro atoms. The fourth-order valence-corrected chi connectivity index (χ4v) is 3.51. The van der Waals surface area contributed by atoms with Crippen molar-refractivity contribution in [2.75, 3.05) is 0 Å². The van der Waals surface area contributed by atoms with Gasteiger partial charge in [0.25, 0.3) is 0 Å². The Morgan fingerprint density at radius 2 is 1.64 bits per heavy atom. The number of hydrogen-bond donors (Lipinski definition) is 0. The van der Waals surface area contributed by atoms with Crippen molar-refractivity contribution in [1.29, 1.82) is 5.26 Å². The number of rotatable bonds is 3. The fraction of sp³-hybridized carbons (Fsp3) is 0.364. The minimum Gasteiger partial charge on any atom is -0.425 e. The summed E-state index contributed by atoms with van der Waals surface area (Å²) in [4.78, 5) is 12.5. The van der Waals surface area contributed by atoms with E-state index in [1.807, 2.05) is 13.0 Å². The summed E-state index contributed by atoms with van der Waals surface area (Å²) in [5.41, 5.74) is 4.03. The van der Waals surface area contributed by atoms with Crippen LogP contribution in [0.15, 0.2) is 42.5 Å². The third-order valence-corrected chi connectivity index (χ3v) is 5.08. The molecule has 3 rings (SSSR count). The van der Waals surface area contributed by atoms with Crippen molar-refractivity contribution in [1.82, 2.24) is 0 Å². The van der Waals surface area contributed by atoms with E-state index >= 15 is 0 Å². The van der Waals surface area contributed by atoms with E-state index < -0.39 is 0 Å². The molecule has 1 fully saturated rings. The van der Waals surface area contributed by atoms with E-state index in [4.69, 9.17) is 4.74 Å². The van der Waals surface area contributed by atoms with E-state index in [2.05, 4.69) is 37.3 Å². The molecule has 0 atom stereocenters. The molecule has 0 amide bonds. The van der Waals surface area contributed by atoms with Gasteiger partial charge in [-0.25, -0.2) is 0 Å². The number of nitriles is 1. The third-order valence-electron chi connectivity index (χ3n) is 5.08. The highest BCUT2D eigenvalue weighted by molar-refractivity contribution is 5.76. The van der Waals surface area contributed by atoms with E-state index in [-0.39, 0.29) is 11.9 Å². The summed E-state index contributed by atoms with van der Waals surface area (Å²) in [7, 11) is 0. The van der Waals surface area contributed by atoms with Crippen molar-refractivity contribution in [2.24, 2.45) is 5.92 Å². The monoisotopic (exact) mass is 333 g/mol. The number of hydrogen-bond acceptors (Lipinski definition) is 3. The highest BCUT2D eigenvalue weighted by Gasteiger charge is 2.28. The average Bonchev–Trinajstić information content (AvgIpc) is 2.64. The summed E-state index contributed by atoms with van der Waals surface area (Å²) >= 11 is 0. The van der Waals surface area contributed by atoms with Crippen LogP contribution in [-0.2, 0) is 4.79 Å². The molecule has 0 radical (unpaired) electrons. The maximum atomic E-state index is 12.5. The van der Waals surface area contributed by atoms with Crippen LogP contribution in [0.2, 0.25) is 0 Å². The topological polar surface area (TPSA) is 50.1 Å². The second-order valence-electron chi connectivity index (χ2n) is 6.99. The zero-order chi connectivity index (χ0) is 17.8. The number of nitrogens with zero attached hydrogens (tertiary/aromatic N) is 1. The Balaban J connectivity index is 1.60. The number of benzene rings is 2. The number of aryl methyl sites for hydroxylation is 2. The molecule has 0 aromatic heterocycles. The van der Waals surface area contributed by atoms with Crippen molar-refractivity contribution < 1.29 is 9.53 Å². The van der Waals surface area contributed by atoms with Crippen LogP contribution < -0.4 is 4.74 Å². The van der Waals surface area contributed by atoms with Crippen LogP contribution in [0.4, 0.5) is 0 Å². The van der Waals surface area contributed by atoms with Gasteiger partial charge >= 0.3 is 5.97 Å². The molecule has 2 aromatic carbocycles. The van der Waals surface area contributed by atoms with Gasteiger partial charge in [-0.15, -0.1) is 0 Å². The largest absolute Gasteiger partial charge is 0.425 e. The molecule has 0 N–H and O–H groups in total. The highest BCUT2D eigenvalue weighted by atomic mass is 16.5. The Morgan fingerprint density at radius 3 is 2.28 bits per heavy atom. The summed E-state index contributed by atoms with van der Waals surface area (Å²) in [6.07, 6.45) is 3.68. The van der Waals surface area contributed by atoms with Crippen LogP contribution in [0, 0.1) is 31.1 Å². The predicted octanol–water partition coefficient (Wildman–Crippen LogP) is 5.05. The number of ether oxygens (including phenoxy) is 1. The van der Waals surface area contributed by atoms with E-state index in [9.17, 15) is 10.1 Å². The number of esters is 1. The quantitative estimate of drug-likeness (QED) is 0.583. The molecule has 25 heavy (non-hydrogen) atoms. The summed E-state index contributed by atoms with van der Waals surface area (Å²) in [5, 5.41) is 9.21. The smallest absolute Gasteiger partial charge is 0.314 e. The molecule has 1 saturated carbocycles. The molecular formula is C22H23NO2. The standard InChI is InChI=1S/C22H23NO2/c1-15-3-6-17(7-4-15)18-8-10-19(11-9-18)22(24)25-21-12-5-16(2)13-20(21)14-23/h3-7,12-13,18-19H,8-11H2,1-2H3. The second-order valence-corrected chi connectivity index (χ2v) is 6.99. The summed E-state index contributed by atoms with van der Waals surface area (Å²) in [6.45, 7) is 4.01. The first-order valence-electron chi connectivity index (χ1n) is 8.86. The van der Waals surface area contributed by atoms with E-state index in [0.29, 0.717) is 17.2 Å². The van der Waals surface area contributed by atoms with Crippen molar-refractivity contribution in [2.45, 2.75) is 45.4 Å². The Hall–Kier alpha value is -2.60. The molecule has 2 aromatic rings. The third kappa shape index (κ3) is 4.09. The Bertz CT molecular complexity index is 794. The van der Waals surface area contributed by atoms with Gasteiger partial charge in [-0.3, -0.25) is 4.79 Å². The van der Waals surface area contributed by atoms with Gasteiger partial charge in [-0.05, 0) is 68.7 Å². The van der Waals surface area contributed by atoms with Crippen LogP contribution in [0.1, 0.15) is 53.9 Å². The van der Waals surface area contributed by atoms with Gasteiger partial charge in [0.15, 0.2) is 0 Å². The first-order chi connectivity index (χ1) is 12.1. The van der Waals surface area contributed by atoms with Gasteiger partial charge < -0.3 is 4.74 Å². The van der Waals surface area contributed by atoms with Crippen molar-refractivity contribution >= 4 is 5.97 Å². The van der Waals surface area contributed by atoms with Crippen LogP contribution in [0.5, 0.6) is 5.75 Å². The minimum atomic E-state index is -0.206. The van der Waals surface area contributed by atoms with Crippen molar-refractivity contribution in [3.05, 3.63) is 64.7 Å². The van der Waals surface area contributed by atoms with Crippen LogP contribution >= 0.6 is 0 Å². The minimum absolute atomic E-state index is 0.0745. The Morgan fingerprint density at radius 1 is 1.00 bits per heavy atom. The van der Waals surface area contributed by atoms with E-state index in [0.717, 1.165) is 31.2 Å². The van der Waals surface area contributed by atoms with Gasteiger partial charge in [-0.1, -0.05) is 35.9 Å². The summed E-state index contributed by atoms with van der Waals surface area (Å²) in [5.74, 6) is 0.620. The lowest BCUT2D eigenvalue weighted by Crippen LogP contribution is -2.25. The molecule has 3 nitrogen and oxygen atoms in total. The number of carbonyl (C=O) groups is 1. The molecule has 0 heterocycles. The molecule has 0 bridgehead atoms. The van der Waals surface area contributed by atoms with Crippen LogP contribution in [-0.4, -0.2) is 5.97 Å². The van der Waals surface area contributed by atoms with Crippen LogP contribution in [0.3, 0.4) is 0 Å². The van der Waals surface area contributed by atoms with Gasteiger partial charge in [0.1, 0.15) is 11.8 Å². The van der Waals surface area contributed by atoms with Crippen molar-refractivity contribution in [3.8, 4) is 11.8 Å². The van der Waals surface area contributed by atoms with E-state index in [1.54, 1.807) is 12.1 Å². The molecular weight excluding hydrogens is 310 g/mol. The Kier molecular flexibility index (Phi) is 5.19. The molecule has 0 aliphatic heterocycles. The van der Waals surface area contributed by atoms with Crippen LogP contribution in [0.25, 0.3) is 0 Å². The summed E-state index contributed by atoms with van der Waals surface area (Å²) in [6, 6.07) is 16.1. The maximum Gasteiger partial charge on any atom is 0.314 e. The highest BCUT2D eigenvalue weighted by Crippen LogP contribution is 2.36. The maximum absolute atomic E-state index is 12.5. The normalized spacial score (nSPS) is 19.9. The van der Waals surface area contributed by atoms with Gasteiger partial charge in [0.05, 0.1) is 11.5 Å². The molecule has 1 aliphatic rings. The van der Waals surface area contributed by atoms with E-state index in [1.165, 1.54) is 11.1 Å². The molecule has 128 valence electrons. The molecule has 3 heteroatoms. The van der Waals surface area contributed by atoms with Gasteiger partial charge in [0, 0.05) is 0 Å². The van der Waals surface area contributed by atoms with Crippen molar-refractivity contribution in [3.63, 3.8) is 0 Å². The molecule has 0 saturated heterocycles. The Labute approximate surface area is 149 Å². The lowest BCUT2D eigenvalue weighted by Gasteiger charge is -2.27. The first-order valence-corrected chi connectivity index (χ1v) is 8.86. The summed E-state index contributed by atoms with van der Waals surface area (Å²) < 4.78 is 5.53. The first kappa shape index (κ1) is 17.2. The molecule has 1 aliphatic carbocycles. The average molecular weight is 333 g/mol. The van der Waals surface area contributed by atoms with Gasteiger partial charge in [0.2, 0.25) is 0 Å². The lowest BCUT2D eigenvalue weighted by atomic mass is 9.78. The lowest BCUT2D eigenvalue weighted by molar-refractivity contribution is -0.140. The molecule has 0 unspecified atom stereocenters. The fourth-order valence-electron chi connectivity index (χ4n) is 3.51. The zero-order valence-electron chi connectivity index (χ0n) is 14.8. The predicted molar refractivity (Wildman–Crippen MR) is 97.4 cm³/mol. The van der Waals surface area contributed by atoms with Gasteiger partial charge in [-0.2, -0.15) is 5.26 Å². The second kappa shape index (κ2) is 7.53.